The monoisotopic (exact) mass is 215 g/mol. The smallest absolute Gasteiger partial charge is 0.325 e. The normalized spacial score (nSPS) is 9.20. The van der Waals surface area contributed by atoms with Crippen LogP contribution < -0.4 is 0 Å². The molecule has 1 N–H and O–H groups in total. The van der Waals surface area contributed by atoms with Crippen molar-refractivity contribution in [3.05, 3.63) is 12.2 Å². The fourth-order valence-corrected chi connectivity index (χ4v) is 0.853. The van der Waals surface area contributed by atoms with Gasteiger partial charge in [-0.25, -0.2) is 0 Å². The van der Waals surface area contributed by atoms with Crippen LogP contribution in [0.4, 0.5) is 0 Å². The van der Waals surface area contributed by atoms with E-state index in [1.165, 1.54) is 6.92 Å². The Morgan fingerprint density at radius 2 is 1.87 bits per heavy atom. The van der Waals surface area contributed by atoms with Crippen LogP contribution in [-0.2, 0) is 19.1 Å². The molecule has 0 aromatic heterocycles. The number of esters is 1. The van der Waals surface area contributed by atoms with Crippen molar-refractivity contribution in [3.8, 4) is 0 Å². The topological polar surface area (TPSA) is 83.9 Å². The second-order valence-corrected chi connectivity index (χ2v) is 2.91. The number of carboxylic acids is 1. The van der Waals surface area contributed by atoms with Crippen LogP contribution in [0.1, 0.15) is 6.92 Å². The van der Waals surface area contributed by atoms with E-state index in [0.29, 0.717) is 0 Å². The van der Waals surface area contributed by atoms with Gasteiger partial charge in [0.2, 0.25) is 5.91 Å². The van der Waals surface area contributed by atoms with Gasteiger partial charge in [-0.1, -0.05) is 6.58 Å². The van der Waals surface area contributed by atoms with Gasteiger partial charge in [-0.2, -0.15) is 0 Å². The van der Waals surface area contributed by atoms with Gasteiger partial charge in [-0.05, 0) is 6.92 Å². The first-order chi connectivity index (χ1) is 6.88. The van der Waals surface area contributed by atoms with Crippen molar-refractivity contribution in [1.29, 1.82) is 0 Å². The lowest BCUT2D eigenvalue weighted by molar-refractivity contribution is -0.149. The molecule has 0 saturated heterocycles. The van der Waals surface area contributed by atoms with E-state index in [9.17, 15) is 14.4 Å². The summed E-state index contributed by atoms with van der Waals surface area (Å²) in [5, 5.41) is 8.52. The highest BCUT2D eigenvalue weighted by atomic mass is 16.5. The summed E-state index contributed by atoms with van der Waals surface area (Å²) >= 11 is 0. The van der Waals surface area contributed by atoms with Crippen LogP contribution in [0.2, 0.25) is 0 Å². The molecule has 0 bridgehead atoms. The maximum absolute atomic E-state index is 11.4. The SMILES string of the molecule is C=C(C)C(=O)N(CC(=O)O)CC(=O)OC. The molecule has 0 aromatic carbocycles. The fraction of sp³-hybridized carbons (Fsp3) is 0.444. The van der Waals surface area contributed by atoms with Crippen molar-refractivity contribution >= 4 is 17.8 Å². The Bertz CT molecular complexity index is 297. The van der Waals surface area contributed by atoms with Crippen molar-refractivity contribution in [2.45, 2.75) is 6.92 Å². The average Bonchev–Trinajstić information content (AvgIpc) is 2.14. The molecule has 0 atom stereocenters. The highest BCUT2D eigenvalue weighted by Crippen LogP contribution is 1.99. The maximum Gasteiger partial charge on any atom is 0.325 e. The third-order valence-corrected chi connectivity index (χ3v) is 1.53. The standard InChI is InChI=1S/C9H13NO5/c1-6(2)9(14)10(4-7(11)12)5-8(13)15-3/h1,4-5H2,2-3H3,(H,11,12). The minimum absolute atomic E-state index is 0.167. The van der Waals surface area contributed by atoms with Crippen LogP contribution in [0.15, 0.2) is 12.2 Å². The second kappa shape index (κ2) is 5.79. The minimum Gasteiger partial charge on any atom is -0.480 e. The first-order valence-corrected chi connectivity index (χ1v) is 4.12. The van der Waals surface area contributed by atoms with Crippen molar-refractivity contribution in [1.82, 2.24) is 4.90 Å². The number of hydrogen-bond donors (Lipinski definition) is 1. The number of carbonyl (C=O) groups excluding carboxylic acids is 2. The summed E-state index contributed by atoms with van der Waals surface area (Å²) in [7, 11) is 1.16. The van der Waals surface area contributed by atoms with Gasteiger partial charge in [-0.15, -0.1) is 0 Å². The van der Waals surface area contributed by atoms with E-state index >= 15 is 0 Å². The zero-order chi connectivity index (χ0) is 12.0. The highest BCUT2D eigenvalue weighted by molar-refractivity contribution is 5.95. The third kappa shape index (κ3) is 4.80. The molecule has 6 heteroatoms. The molecule has 0 rings (SSSR count). The Morgan fingerprint density at radius 1 is 1.33 bits per heavy atom. The number of carboxylic acid groups (broad SMARTS) is 1. The Morgan fingerprint density at radius 3 is 2.20 bits per heavy atom. The molecule has 84 valence electrons. The lowest BCUT2D eigenvalue weighted by Crippen LogP contribution is -2.40. The van der Waals surface area contributed by atoms with Crippen LogP contribution in [-0.4, -0.2) is 48.1 Å². The first kappa shape index (κ1) is 13.2. The lowest BCUT2D eigenvalue weighted by atomic mass is 10.3. The zero-order valence-corrected chi connectivity index (χ0v) is 8.65. The van der Waals surface area contributed by atoms with Gasteiger partial charge in [-0.3, -0.25) is 14.4 Å². The number of methoxy groups -OCH3 is 1. The molecule has 0 fully saturated rings. The van der Waals surface area contributed by atoms with Gasteiger partial charge in [0.05, 0.1) is 7.11 Å². The summed E-state index contributed by atoms with van der Waals surface area (Å²) in [5.41, 5.74) is 0.167. The molecule has 6 nitrogen and oxygen atoms in total. The number of carbonyl (C=O) groups is 3. The molecule has 0 saturated carbocycles. The molecule has 0 aromatic rings. The quantitative estimate of drug-likeness (QED) is 0.500. The van der Waals surface area contributed by atoms with E-state index in [0.717, 1.165) is 12.0 Å². The molecular weight excluding hydrogens is 202 g/mol. The fourth-order valence-electron chi connectivity index (χ4n) is 0.853. The van der Waals surface area contributed by atoms with Crippen LogP contribution in [0.5, 0.6) is 0 Å². The molecule has 0 unspecified atom stereocenters. The summed E-state index contributed by atoms with van der Waals surface area (Å²) < 4.78 is 4.34. The number of ether oxygens (including phenoxy) is 1. The Kier molecular flexibility index (Phi) is 5.08. The number of nitrogens with zero attached hydrogens (tertiary/aromatic N) is 1. The summed E-state index contributed by atoms with van der Waals surface area (Å²) in [4.78, 5) is 33.6. The van der Waals surface area contributed by atoms with E-state index in [-0.39, 0.29) is 5.57 Å². The van der Waals surface area contributed by atoms with Crippen molar-refractivity contribution in [2.24, 2.45) is 0 Å². The maximum atomic E-state index is 11.4. The second-order valence-electron chi connectivity index (χ2n) is 2.91. The van der Waals surface area contributed by atoms with Crippen LogP contribution in [0.3, 0.4) is 0 Å². The predicted molar refractivity (Wildman–Crippen MR) is 51.0 cm³/mol. The lowest BCUT2D eigenvalue weighted by Gasteiger charge is -2.18. The first-order valence-electron chi connectivity index (χ1n) is 4.12. The molecule has 0 aliphatic carbocycles. The van der Waals surface area contributed by atoms with Crippen molar-refractivity contribution in [2.75, 3.05) is 20.2 Å². The summed E-state index contributed by atoms with van der Waals surface area (Å²) in [6, 6.07) is 0. The van der Waals surface area contributed by atoms with Gasteiger partial charge in [0.25, 0.3) is 0 Å². The Balaban J connectivity index is 4.57. The molecule has 0 aliphatic heterocycles. The molecule has 15 heavy (non-hydrogen) atoms. The van der Waals surface area contributed by atoms with E-state index in [4.69, 9.17) is 5.11 Å². The van der Waals surface area contributed by atoms with Crippen LogP contribution >= 0.6 is 0 Å². The molecule has 0 radical (unpaired) electrons. The number of hydrogen-bond acceptors (Lipinski definition) is 4. The van der Waals surface area contributed by atoms with Gasteiger partial charge >= 0.3 is 11.9 Å². The average molecular weight is 215 g/mol. The summed E-state index contributed by atoms with van der Waals surface area (Å²) in [6.45, 7) is 3.87. The highest BCUT2D eigenvalue weighted by Gasteiger charge is 2.20. The zero-order valence-electron chi connectivity index (χ0n) is 8.65. The number of aliphatic carboxylic acids is 1. The van der Waals surface area contributed by atoms with Gasteiger partial charge in [0.15, 0.2) is 0 Å². The van der Waals surface area contributed by atoms with E-state index in [1.54, 1.807) is 0 Å². The summed E-state index contributed by atoms with van der Waals surface area (Å²) in [5.74, 6) is -2.46. The van der Waals surface area contributed by atoms with Gasteiger partial charge < -0.3 is 14.7 Å². The molecule has 0 heterocycles. The Hall–Kier alpha value is -1.85. The van der Waals surface area contributed by atoms with E-state index in [1.807, 2.05) is 0 Å². The van der Waals surface area contributed by atoms with E-state index < -0.39 is 30.9 Å². The van der Waals surface area contributed by atoms with Gasteiger partial charge in [0.1, 0.15) is 13.1 Å². The van der Waals surface area contributed by atoms with Crippen molar-refractivity contribution < 1.29 is 24.2 Å². The molecule has 1 amide bonds. The summed E-state index contributed by atoms with van der Waals surface area (Å²) in [6.07, 6.45) is 0. The van der Waals surface area contributed by atoms with E-state index in [2.05, 4.69) is 11.3 Å². The largest absolute Gasteiger partial charge is 0.480 e. The minimum atomic E-state index is -1.20. The van der Waals surface area contributed by atoms with Crippen molar-refractivity contribution in [3.63, 3.8) is 0 Å². The molecule has 0 spiro atoms. The van der Waals surface area contributed by atoms with Crippen LogP contribution in [0.25, 0.3) is 0 Å². The van der Waals surface area contributed by atoms with Gasteiger partial charge in [0, 0.05) is 5.57 Å². The molecule has 0 aliphatic rings. The Labute approximate surface area is 87.1 Å². The number of rotatable bonds is 5. The van der Waals surface area contributed by atoms with Crippen LogP contribution in [0, 0.1) is 0 Å². The third-order valence-electron chi connectivity index (χ3n) is 1.53. The number of amides is 1. The molecular formula is C9H13NO5. The predicted octanol–water partition coefficient (Wildman–Crippen LogP) is -0.351.